The largest absolute Gasteiger partial charge is 0.416 e. The van der Waals surface area contributed by atoms with Crippen LogP contribution >= 0.6 is 11.8 Å². The molecule has 0 saturated carbocycles. The van der Waals surface area contributed by atoms with E-state index in [9.17, 15) is 22.8 Å². The van der Waals surface area contributed by atoms with Gasteiger partial charge in [-0.15, -0.1) is 0 Å². The van der Waals surface area contributed by atoms with Gasteiger partial charge in [0, 0.05) is 30.1 Å². The van der Waals surface area contributed by atoms with Gasteiger partial charge in [-0.2, -0.15) is 18.2 Å². The molecule has 0 unspecified atom stereocenters. The van der Waals surface area contributed by atoms with E-state index >= 15 is 0 Å². The van der Waals surface area contributed by atoms with E-state index in [0.29, 0.717) is 18.0 Å². The van der Waals surface area contributed by atoms with Gasteiger partial charge in [0.2, 0.25) is 5.91 Å². The second-order valence-electron chi connectivity index (χ2n) is 6.97. The molecule has 2 aromatic rings. The topological polar surface area (TPSA) is 84.2 Å². The number of hydrogen-bond acceptors (Lipinski definition) is 5. The highest BCUT2D eigenvalue weighted by Crippen LogP contribution is 2.30. The number of alkyl halides is 3. The lowest BCUT2D eigenvalue weighted by molar-refractivity contribution is -0.137. The van der Waals surface area contributed by atoms with Crippen LogP contribution in [0.15, 0.2) is 34.1 Å². The van der Waals surface area contributed by atoms with Gasteiger partial charge < -0.3 is 10.4 Å². The summed E-state index contributed by atoms with van der Waals surface area (Å²) in [7, 11) is 0. The minimum Gasteiger partial charge on any atom is -0.396 e. The molecule has 2 N–H and O–H groups in total. The number of halogens is 3. The van der Waals surface area contributed by atoms with Gasteiger partial charge in [0.15, 0.2) is 0 Å². The molecule has 0 radical (unpaired) electrons. The Labute approximate surface area is 175 Å². The lowest BCUT2D eigenvalue weighted by Gasteiger charge is -2.22. The summed E-state index contributed by atoms with van der Waals surface area (Å²) in [5, 5.41) is 12.1. The minimum atomic E-state index is -4.43. The van der Waals surface area contributed by atoms with Gasteiger partial charge in [-0.25, -0.2) is 4.79 Å². The van der Waals surface area contributed by atoms with Crippen molar-refractivity contribution >= 4 is 23.4 Å². The molecule has 0 fully saturated rings. The number of carbonyl (C=O) groups excluding carboxylic acids is 1. The zero-order chi connectivity index (χ0) is 21.7. The summed E-state index contributed by atoms with van der Waals surface area (Å²) in [6, 6.07) is 4.22. The van der Waals surface area contributed by atoms with Gasteiger partial charge in [-0.1, -0.05) is 11.8 Å². The first kappa shape index (κ1) is 22.4. The Kier molecular flexibility index (Phi) is 7.19. The van der Waals surface area contributed by atoms with Gasteiger partial charge in [0.25, 0.3) is 0 Å². The smallest absolute Gasteiger partial charge is 0.396 e. The second kappa shape index (κ2) is 9.65. The summed E-state index contributed by atoms with van der Waals surface area (Å²) in [6.45, 7) is 0.395. The molecule has 0 bridgehead atoms. The van der Waals surface area contributed by atoms with Crippen LogP contribution in [0, 0.1) is 0 Å². The molecule has 0 saturated heterocycles. The Morgan fingerprint density at radius 1 is 1.20 bits per heavy atom. The van der Waals surface area contributed by atoms with Gasteiger partial charge >= 0.3 is 11.9 Å². The van der Waals surface area contributed by atoms with Crippen molar-refractivity contribution < 1.29 is 23.1 Å². The number of rotatable bonds is 7. The standard InChI is InChI=1S/C20H22F3N3O3S/c21-20(22,23)13-6-8-14(9-7-13)24-17(28)12-30-18-15-4-1-2-5-16(15)26(10-3-11-27)19(29)25-18/h6-9,27H,1-5,10-12H2,(H,24,28). The Balaban J connectivity index is 1.68. The number of thioether (sulfide) groups is 1. The third-order valence-corrected chi connectivity index (χ3v) is 5.84. The lowest BCUT2D eigenvalue weighted by atomic mass is 9.97. The summed E-state index contributed by atoms with van der Waals surface area (Å²) in [6.07, 6.45) is -0.503. The molecular formula is C20H22F3N3O3S. The molecule has 1 amide bonds. The molecule has 1 aromatic carbocycles. The Hall–Kier alpha value is -2.33. The normalized spacial score (nSPS) is 13.7. The van der Waals surface area contributed by atoms with Crippen LogP contribution in [0.25, 0.3) is 0 Å². The Morgan fingerprint density at radius 2 is 1.90 bits per heavy atom. The number of aromatic nitrogens is 2. The molecular weight excluding hydrogens is 419 g/mol. The number of nitrogens with one attached hydrogen (secondary N) is 1. The first-order valence-corrected chi connectivity index (χ1v) is 10.6. The van der Waals surface area contributed by atoms with E-state index in [-0.39, 0.29) is 18.0 Å². The summed E-state index contributed by atoms with van der Waals surface area (Å²) >= 11 is 1.15. The maximum atomic E-state index is 12.6. The predicted octanol–water partition coefficient (Wildman–Crippen LogP) is 3.25. The Morgan fingerprint density at radius 3 is 2.57 bits per heavy atom. The highest BCUT2D eigenvalue weighted by atomic mass is 32.2. The molecule has 0 spiro atoms. The number of nitrogens with zero attached hydrogens (tertiary/aromatic N) is 2. The first-order valence-electron chi connectivity index (χ1n) is 9.63. The van der Waals surface area contributed by atoms with Crippen LogP contribution in [-0.4, -0.2) is 32.9 Å². The predicted molar refractivity (Wildman–Crippen MR) is 108 cm³/mol. The lowest BCUT2D eigenvalue weighted by Crippen LogP contribution is -2.30. The monoisotopic (exact) mass is 441 g/mol. The fraction of sp³-hybridized carbons (Fsp3) is 0.450. The van der Waals surface area contributed by atoms with E-state index in [1.54, 1.807) is 4.57 Å². The quantitative estimate of drug-likeness (QED) is 0.509. The molecule has 162 valence electrons. The van der Waals surface area contributed by atoms with Crippen molar-refractivity contribution in [2.45, 2.75) is 49.9 Å². The molecule has 0 atom stereocenters. The minimum absolute atomic E-state index is 0.0121. The van der Waals surface area contributed by atoms with Crippen molar-refractivity contribution in [2.75, 3.05) is 17.7 Å². The molecule has 1 aliphatic carbocycles. The third-order valence-electron chi connectivity index (χ3n) is 4.83. The van der Waals surface area contributed by atoms with Crippen molar-refractivity contribution in [1.29, 1.82) is 0 Å². The van der Waals surface area contributed by atoms with E-state index in [0.717, 1.165) is 60.8 Å². The van der Waals surface area contributed by atoms with Crippen molar-refractivity contribution in [1.82, 2.24) is 9.55 Å². The molecule has 1 aliphatic rings. The molecule has 1 heterocycles. The van der Waals surface area contributed by atoms with E-state index < -0.39 is 23.3 Å². The van der Waals surface area contributed by atoms with Crippen molar-refractivity contribution in [3.05, 3.63) is 51.6 Å². The van der Waals surface area contributed by atoms with Crippen molar-refractivity contribution in [3.8, 4) is 0 Å². The molecule has 1 aromatic heterocycles. The summed E-state index contributed by atoms with van der Waals surface area (Å²) in [5.41, 5.74) is 0.969. The summed E-state index contributed by atoms with van der Waals surface area (Å²) in [4.78, 5) is 28.8. The average molecular weight is 441 g/mol. The number of aliphatic hydroxyl groups excluding tert-OH is 1. The number of carbonyl (C=O) groups is 1. The summed E-state index contributed by atoms with van der Waals surface area (Å²) < 4.78 is 39.5. The number of hydrogen-bond donors (Lipinski definition) is 2. The van der Waals surface area contributed by atoms with E-state index in [2.05, 4.69) is 10.3 Å². The van der Waals surface area contributed by atoms with Gasteiger partial charge in [0.1, 0.15) is 5.03 Å². The van der Waals surface area contributed by atoms with Crippen LogP contribution < -0.4 is 11.0 Å². The average Bonchev–Trinajstić information content (AvgIpc) is 2.71. The van der Waals surface area contributed by atoms with Crippen LogP contribution in [-0.2, 0) is 30.4 Å². The molecule has 6 nitrogen and oxygen atoms in total. The van der Waals surface area contributed by atoms with Crippen LogP contribution in [0.2, 0.25) is 0 Å². The molecule has 10 heteroatoms. The highest BCUT2D eigenvalue weighted by molar-refractivity contribution is 8.00. The molecule has 30 heavy (non-hydrogen) atoms. The number of anilines is 1. The maximum absolute atomic E-state index is 12.6. The number of amides is 1. The van der Waals surface area contributed by atoms with Gasteiger partial charge in [-0.3, -0.25) is 9.36 Å². The van der Waals surface area contributed by atoms with Crippen LogP contribution in [0.5, 0.6) is 0 Å². The van der Waals surface area contributed by atoms with Crippen LogP contribution in [0.1, 0.15) is 36.1 Å². The molecule has 3 rings (SSSR count). The SMILES string of the molecule is O=C(CSc1nc(=O)n(CCCO)c2c1CCCC2)Nc1ccc(C(F)(F)F)cc1. The summed E-state index contributed by atoms with van der Waals surface area (Å²) in [5.74, 6) is -0.406. The van der Waals surface area contributed by atoms with E-state index in [1.165, 1.54) is 12.1 Å². The van der Waals surface area contributed by atoms with E-state index in [4.69, 9.17) is 5.11 Å². The third kappa shape index (κ3) is 5.42. The van der Waals surface area contributed by atoms with Gasteiger partial charge in [0.05, 0.1) is 11.3 Å². The second-order valence-corrected chi connectivity index (χ2v) is 7.94. The Bertz CT molecular complexity index is 959. The first-order chi connectivity index (χ1) is 14.3. The van der Waals surface area contributed by atoms with Crippen molar-refractivity contribution in [2.24, 2.45) is 0 Å². The van der Waals surface area contributed by atoms with Crippen LogP contribution in [0.3, 0.4) is 0 Å². The van der Waals surface area contributed by atoms with Crippen molar-refractivity contribution in [3.63, 3.8) is 0 Å². The fourth-order valence-electron chi connectivity index (χ4n) is 3.40. The zero-order valence-electron chi connectivity index (χ0n) is 16.2. The number of fused-ring (bicyclic) bond motifs is 1. The maximum Gasteiger partial charge on any atom is 0.416 e. The fourth-order valence-corrected chi connectivity index (χ4v) is 4.28. The molecule has 0 aliphatic heterocycles. The van der Waals surface area contributed by atoms with E-state index in [1.807, 2.05) is 0 Å². The highest BCUT2D eigenvalue weighted by Gasteiger charge is 2.30. The van der Waals surface area contributed by atoms with Crippen LogP contribution in [0.4, 0.5) is 18.9 Å². The zero-order valence-corrected chi connectivity index (χ0v) is 17.0. The van der Waals surface area contributed by atoms with Gasteiger partial charge in [-0.05, 0) is 56.4 Å². The number of aliphatic hydroxyl groups is 1. The number of benzene rings is 1.